The van der Waals surface area contributed by atoms with Gasteiger partial charge in [0.05, 0.1) is 5.75 Å². The van der Waals surface area contributed by atoms with Gasteiger partial charge in [-0.1, -0.05) is 0 Å². The van der Waals surface area contributed by atoms with Crippen LogP contribution in [0.2, 0.25) is 0 Å². The van der Waals surface area contributed by atoms with Crippen molar-refractivity contribution in [3.8, 4) is 0 Å². The summed E-state index contributed by atoms with van der Waals surface area (Å²) in [5, 5.41) is 3.25. The summed E-state index contributed by atoms with van der Waals surface area (Å²) in [4.78, 5) is 2.40. The first-order valence-corrected chi connectivity index (χ1v) is 8.87. The Morgan fingerprint density at radius 2 is 1.79 bits per heavy atom. The average molecular weight is 282 g/mol. The molecule has 0 atom stereocenters. The van der Waals surface area contributed by atoms with Crippen molar-refractivity contribution in [3.05, 3.63) is 24.3 Å². The molecule has 106 valence electrons. The van der Waals surface area contributed by atoms with Crippen LogP contribution in [0.15, 0.2) is 24.3 Å². The third-order valence-corrected chi connectivity index (χ3v) is 4.39. The van der Waals surface area contributed by atoms with Gasteiger partial charge in [-0.15, -0.1) is 0 Å². The van der Waals surface area contributed by atoms with Gasteiger partial charge in [0.1, 0.15) is 9.84 Å². The maximum atomic E-state index is 11.0. The molecule has 19 heavy (non-hydrogen) atoms. The van der Waals surface area contributed by atoms with Crippen molar-refractivity contribution >= 4 is 21.2 Å². The van der Waals surface area contributed by atoms with E-state index in [2.05, 4.69) is 34.5 Å². The largest absolute Gasteiger partial charge is 0.385 e. The molecule has 1 aliphatic heterocycles. The number of anilines is 2. The first kappa shape index (κ1) is 14.2. The van der Waals surface area contributed by atoms with E-state index in [0.29, 0.717) is 13.0 Å². The Morgan fingerprint density at radius 3 is 2.37 bits per heavy atom. The van der Waals surface area contributed by atoms with E-state index in [1.165, 1.54) is 24.8 Å². The van der Waals surface area contributed by atoms with Crippen molar-refractivity contribution in [1.82, 2.24) is 0 Å². The summed E-state index contributed by atoms with van der Waals surface area (Å²) < 4.78 is 22.0. The molecule has 1 N–H and O–H groups in total. The summed E-state index contributed by atoms with van der Waals surface area (Å²) >= 11 is 0. The molecule has 2 rings (SSSR count). The molecule has 1 aliphatic rings. The topological polar surface area (TPSA) is 49.4 Å². The summed E-state index contributed by atoms with van der Waals surface area (Å²) in [5.41, 5.74) is 2.33. The molecule has 4 nitrogen and oxygen atoms in total. The maximum Gasteiger partial charge on any atom is 0.147 e. The monoisotopic (exact) mass is 282 g/mol. The molecule has 1 aromatic carbocycles. The predicted octanol–water partition coefficient (Wildman–Crippen LogP) is 2.13. The van der Waals surface area contributed by atoms with Crippen molar-refractivity contribution < 1.29 is 8.42 Å². The predicted molar refractivity (Wildman–Crippen MR) is 80.7 cm³/mol. The lowest BCUT2D eigenvalue weighted by Crippen LogP contribution is -2.17. The zero-order chi connectivity index (χ0) is 13.7. The van der Waals surface area contributed by atoms with Crippen LogP contribution in [0.25, 0.3) is 0 Å². The van der Waals surface area contributed by atoms with Crippen LogP contribution < -0.4 is 10.2 Å². The molecular weight excluding hydrogens is 260 g/mol. The summed E-state index contributed by atoms with van der Waals surface area (Å²) in [6.07, 6.45) is 4.49. The molecule has 0 spiro atoms. The van der Waals surface area contributed by atoms with Crippen LogP contribution in [0.1, 0.15) is 19.3 Å². The van der Waals surface area contributed by atoms with Crippen molar-refractivity contribution in [2.45, 2.75) is 19.3 Å². The molecule has 5 heteroatoms. The minimum absolute atomic E-state index is 0.242. The smallest absolute Gasteiger partial charge is 0.147 e. The van der Waals surface area contributed by atoms with E-state index in [1.54, 1.807) is 0 Å². The molecule has 0 aliphatic carbocycles. The number of hydrogen-bond acceptors (Lipinski definition) is 4. The van der Waals surface area contributed by atoms with Gasteiger partial charge in [0.25, 0.3) is 0 Å². The normalized spacial score (nSPS) is 15.7. The number of nitrogens with one attached hydrogen (secondary N) is 1. The van der Waals surface area contributed by atoms with Crippen LogP contribution >= 0.6 is 0 Å². The van der Waals surface area contributed by atoms with E-state index in [4.69, 9.17) is 0 Å². The van der Waals surface area contributed by atoms with Crippen LogP contribution in [0.5, 0.6) is 0 Å². The van der Waals surface area contributed by atoms with Crippen LogP contribution in [0.3, 0.4) is 0 Å². The van der Waals surface area contributed by atoms with E-state index < -0.39 is 9.84 Å². The quantitative estimate of drug-likeness (QED) is 0.812. The highest BCUT2D eigenvalue weighted by Gasteiger charge is 2.11. The Morgan fingerprint density at radius 1 is 1.16 bits per heavy atom. The van der Waals surface area contributed by atoms with Gasteiger partial charge in [0.2, 0.25) is 0 Å². The molecule has 0 amide bonds. The van der Waals surface area contributed by atoms with Gasteiger partial charge in [-0.2, -0.15) is 0 Å². The summed E-state index contributed by atoms with van der Waals surface area (Å²) in [6.45, 7) is 3.00. The van der Waals surface area contributed by atoms with E-state index in [-0.39, 0.29) is 5.75 Å². The van der Waals surface area contributed by atoms with Gasteiger partial charge >= 0.3 is 0 Å². The molecule has 1 heterocycles. The van der Waals surface area contributed by atoms with E-state index in [1.807, 2.05) is 0 Å². The van der Waals surface area contributed by atoms with Crippen LogP contribution in [-0.4, -0.2) is 40.1 Å². The Bertz CT molecular complexity index is 491. The highest BCUT2D eigenvalue weighted by Crippen LogP contribution is 2.21. The zero-order valence-electron chi connectivity index (χ0n) is 11.4. The minimum Gasteiger partial charge on any atom is -0.385 e. The highest BCUT2D eigenvalue weighted by atomic mass is 32.2. The second-order valence-corrected chi connectivity index (χ2v) is 7.41. The molecular formula is C14H22N2O2S. The SMILES string of the molecule is CS(=O)(=O)CCCNc1ccc(N2CCCC2)cc1. The molecule has 0 bridgehead atoms. The third-order valence-electron chi connectivity index (χ3n) is 3.36. The van der Waals surface area contributed by atoms with Crippen molar-refractivity contribution in [2.75, 3.05) is 41.9 Å². The fourth-order valence-corrected chi connectivity index (χ4v) is 3.00. The van der Waals surface area contributed by atoms with Gasteiger partial charge < -0.3 is 10.2 Å². The Labute approximate surface area is 115 Å². The molecule has 0 radical (unpaired) electrons. The number of nitrogens with zero attached hydrogens (tertiary/aromatic N) is 1. The second kappa shape index (κ2) is 6.28. The molecule has 0 unspecified atom stereocenters. The van der Waals surface area contributed by atoms with Crippen molar-refractivity contribution in [1.29, 1.82) is 0 Å². The molecule has 0 aromatic heterocycles. The van der Waals surface area contributed by atoms with E-state index in [9.17, 15) is 8.42 Å². The summed E-state index contributed by atoms with van der Waals surface area (Å²) in [5.74, 6) is 0.242. The Balaban J connectivity index is 1.78. The third kappa shape index (κ3) is 4.74. The fraction of sp³-hybridized carbons (Fsp3) is 0.571. The molecule has 1 fully saturated rings. The average Bonchev–Trinajstić information content (AvgIpc) is 2.88. The maximum absolute atomic E-state index is 11.0. The lowest BCUT2D eigenvalue weighted by molar-refractivity contribution is 0.600. The standard InChI is InChI=1S/C14H22N2O2S/c1-19(17,18)12-4-9-15-13-5-7-14(8-6-13)16-10-2-3-11-16/h5-8,15H,2-4,9-12H2,1H3. The fourth-order valence-electron chi connectivity index (χ4n) is 2.33. The highest BCUT2D eigenvalue weighted by molar-refractivity contribution is 7.90. The molecule has 1 aromatic rings. The summed E-state index contributed by atoms with van der Waals surface area (Å²) in [7, 11) is -2.84. The van der Waals surface area contributed by atoms with Gasteiger partial charge in [0, 0.05) is 37.3 Å². The number of benzene rings is 1. The van der Waals surface area contributed by atoms with Crippen LogP contribution in [-0.2, 0) is 9.84 Å². The zero-order valence-corrected chi connectivity index (χ0v) is 12.2. The minimum atomic E-state index is -2.84. The van der Waals surface area contributed by atoms with E-state index in [0.717, 1.165) is 18.8 Å². The van der Waals surface area contributed by atoms with Crippen molar-refractivity contribution in [2.24, 2.45) is 0 Å². The first-order valence-electron chi connectivity index (χ1n) is 6.81. The number of sulfone groups is 1. The number of rotatable bonds is 6. The summed E-state index contributed by atoms with van der Waals surface area (Å²) in [6, 6.07) is 8.39. The van der Waals surface area contributed by atoms with Gasteiger partial charge in [-0.25, -0.2) is 8.42 Å². The lowest BCUT2D eigenvalue weighted by Gasteiger charge is -2.18. The van der Waals surface area contributed by atoms with Gasteiger partial charge in [0.15, 0.2) is 0 Å². The van der Waals surface area contributed by atoms with Gasteiger partial charge in [-0.05, 0) is 43.5 Å². The lowest BCUT2D eigenvalue weighted by atomic mass is 10.2. The van der Waals surface area contributed by atoms with E-state index >= 15 is 0 Å². The van der Waals surface area contributed by atoms with Crippen molar-refractivity contribution in [3.63, 3.8) is 0 Å². The van der Waals surface area contributed by atoms with Crippen LogP contribution in [0.4, 0.5) is 11.4 Å². The Kier molecular flexibility index (Phi) is 4.69. The van der Waals surface area contributed by atoms with Gasteiger partial charge in [-0.3, -0.25) is 0 Å². The Hall–Kier alpha value is -1.23. The second-order valence-electron chi connectivity index (χ2n) is 5.15. The number of hydrogen-bond donors (Lipinski definition) is 1. The molecule has 1 saturated heterocycles. The van der Waals surface area contributed by atoms with Crippen LogP contribution in [0, 0.1) is 0 Å². The molecule has 0 saturated carbocycles. The first-order chi connectivity index (χ1) is 9.04.